The molecule has 0 saturated carbocycles. The van der Waals surface area contributed by atoms with Crippen molar-refractivity contribution in [2.45, 2.75) is 44.8 Å². The van der Waals surface area contributed by atoms with Gasteiger partial charge in [0, 0.05) is 6.54 Å². The first-order valence-electron chi connectivity index (χ1n) is 7.61. The van der Waals surface area contributed by atoms with Gasteiger partial charge < -0.3 is 9.84 Å². The molecule has 1 N–H and O–H groups in total. The first-order valence-corrected chi connectivity index (χ1v) is 7.61. The molecule has 0 amide bonds. The van der Waals surface area contributed by atoms with Gasteiger partial charge in [0.25, 0.3) is 0 Å². The van der Waals surface area contributed by atoms with Crippen LogP contribution in [0.15, 0.2) is 30.5 Å². The van der Waals surface area contributed by atoms with Gasteiger partial charge in [-0.25, -0.2) is 0 Å². The Balaban J connectivity index is 2.22. The summed E-state index contributed by atoms with van der Waals surface area (Å²) in [5.74, 6) is 0.663. The third-order valence-corrected chi connectivity index (χ3v) is 4.41. The molecule has 4 nitrogen and oxygen atoms in total. The molecule has 3 rings (SSSR count). The number of fused-ring (bicyclic) bond motifs is 1. The fourth-order valence-electron chi connectivity index (χ4n) is 3.39. The van der Waals surface area contributed by atoms with Crippen LogP contribution in [0.25, 0.3) is 0 Å². The molecule has 4 heteroatoms. The maximum absolute atomic E-state index is 11.5. The summed E-state index contributed by atoms with van der Waals surface area (Å²) < 4.78 is 7.31. The summed E-state index contributed by atoms with van der Waals surface area (Å²) in [5, 5.41) is 15.9. The zero-order valence-electron chi connectivity index (χ0n) is 12.7. The van der Waals surface area contributed by atoms with Crippen LogP contribution in [-0.4, -0.2) is 22.0 Å². The zero-order valence-corrected chi connectivity index (χ0v) is 12.7. The minimum absolute atomic E-state index is 0.663. The molecule has 0 bridgehead atoms. The Labute approximate surface area is 125 Å². The Hall–Kier alpha value is -1.81. The second kappa shape index (κ2) is 5.53. The van der Waals surface area contributed by atoms with E-state index in [1.165, 1.54) is 5.56 Å². The smallest absolute Gasteiger partial charge is 0.163 e. The fraction of sp³-hybridized carbons (Fsp3) is 0.471. The average Bonchev–Trinajstić information content (AvgIpc) is 2.87. The van der Waals surface area contributed by atoms with Gasteiger partial charge in [-0.2, -0.15) is 5.10 Å². The van der Waals surface area contributed by atoms with Crippen LogP contribution in [0.2, 0.25) is 0 Å². The fourth-order valence-corrected chi connectivity index (χ4v) is 3.39. The molecule has 0 radical (unpaired) electrons. The number of nitrogens with zero attached hydrogens (tertiary/aromatic N) is 2. The molecule has 0 saturated heterocycles. The molecule has 1 heterocycles. The summed E-state index contributed by atoms with van der Waals surface area (Å²) in [5.41, 5.74) is 1.98. The number of ether oxygens (including phenoxy) is 1. The van der Waals surface area contributed by atoms with Gasteiger partial charge in [-0.3, -0.25) is 4.68 Å². The molecule has 1 atom stereocenters. The first kappa shape index (κ1) is 14.1. The van der Waals surface area contributed by atoms with Gasteiger partial charge in [0.15, 0.2) is 5.75 Å². The van der Waals surface area contributed by atoms with Crippen LogP contribution >= 0.6 is 0 Å². The SMILES string of the molecule is CCn1ncc(OC)c1C1(O)CCCCc2ccccc21. The highest BCUT2D eigenvalue weighted by Gasteiger charge is 2.40. The third kappa shape index (κ3) is 2.23. The summed E-state index contributed by atoms with van der Waals surface area (Å²) in [4.78, 5) is 0. The van der Waals surface area contributed by atoms with E-state index in [9.17, 15) is 5.11 Å². The van der Waals surface area contributed by atoms with Gasteiger partial charge in [0.2, 0.25) is 0 Å². The molecule has 1 unspecified atom stereocenters. The lowest BCUT2D eigenvalue weighted by Crippen LogP contribution is -2.31. The normalized spacial score (nSPS) is 21.7. The Morgan fingerprint density at radius 2 is 2.14 bits per heavy atom. The monoisotopic (exact) mass is 286 g/mol. The van der Waals surface area contributed by atoms with Crippen molar-refractivity contribution in [2.75, 3.05) is 7.11 Å². The van der Waals surface area contributed by atoms with Crippen molar-refractivity contribution in [3.8, 4) is 5.75 Å². The van der Waals surface area contributed by atoms with Gasteiger partial charge >= 0.3 is 0 Å². The van der Waals surface area contributed by atoms with E-state index >= 15 is 0 Å². The van der Waals surface area contributed by atoms with Crippen molar-refractivity contribution >= 4 is 0 Å². The molecule has 1 aromatic heterocycles. The van der Waals surface area contributed by atoms with E-state index < -0.39 is 5.60 Å². The summed E-state index contributed by atoms with van der Waals surface area (Å²) in [6, 6.07) is 8.19. The lowest BCUT2D eigenvalue weighted by molar-refractivity contribution is 0.0581. The molecule has 21 heavy (non-hydrogen) atoms. The summed E-state index contributed by atoms with van der Waals surface area (Å²) >= 11 is 0. The lowest BCUT2D eigenvalue weighted by Gasteiger charge is -2.30. The van der Waals surface area contributed by atoms with Crippen LogP contribution in [0, 0.1) is 0 Å². The van der Waals surface area contributed by atoms with Crippen LogP contribution in [0.3, 0.4) is 0 Å². The number of aryl methyl sites for hydroxylation is 2. The van der Waals surface area contributed by atoms with E-state index in [-0.39, 0.29) is 0 Å². The van der Waals surface area contributed by atoms with Gasteiger partial charge in [-0.05, 0) is 43.7 Å². The number of hydrogen-bond donors (Lipinski definition) is 1. The standard InChI is InChI=1S/C17H22N2O2/c1-3-19-16(15(21-2)12-18-19)17(20)11-7-6-9-13-8-4-5-10-14(13)17/h4-5,8,10,12,20H,3,6-7,9,11H2,1-2H3. The van der Waals surface area contributed by atoms with E-state index in [0.29, 0.717) is 18.7 Å². The second-order valence-corrected chi connectivity index (χ2v) is 5.60. The van der Waals surface area contributed by atoms with Crippen molar-refractivity contribution in [1.82, 2.24) is 9.78 Å². The minimum atomic E-state index is -1.02. The highest BCUT2D eigenvalue weighted by atomic mass is 16.5. The second-order valence-electron chi connectivity index (χ2n) is 5.60. The molecule has 1 aliphatic rings. The van der Waals surface area contributed by atoms with Crippen molar-refractivity contribution in [3.05, 3.63) is 47.3 Å². The van der Waals surface area contributed by atoms with E-state index in [2.05, 4.69) is 11.2 Å². The van der Waals surface area contributed by atoms with Crippen LogP contribution in [-0.2, 0) is 18.6 Å². The Morgan fingerprint density at radius 1 is 1.33 bits per heavy atom. The number of aliphatic hydroxyl groups is 1. The quantitative estimate of drug-likeness (QED) is 0.883. The molecule has 2 aromatic rings. The number of methoxy groups -OCH3 is 1. The Bertz CT molecular complexity index is 614. The van der Waals surface area contributed by atoms with Gasteiger partial charge in [0.05, 0.1) is 13.3 Å². The Kier molecular flexibility index (Phi) is 3.72. The number of rotatable bonds is 3. The molecule has 0 fully saturated rings. The van der Waals surface area contributed by atoms with E-state index in [0.717, 1.165) is 30.5 Å². The molecule has 1 aromatic carbocycles. The lowest BCUT2D eigenvalue weighted by atomic mass is 9.84. The van der Waals surface area contributed by atoms with E-state index in [1.807, 2.05) is 29.8 Å². The maximum Gasteiger partial charge on any atom is 0.163 e. The van der Waals surface area contributed by atoms with Gasteiger partial charge in [-0.1, -0.05) is 24.3 Å². The van der Waals surface area contributed by atoms with Crippen molar-refractivity contribution in [1.29, 1.82) is 0 Å². The minimum Gasteiger partial charge on any atom is -0.493 e. The molecule has 1 aliphatic carbocycles. The van der Waals surface area contributed by atoms with Crippen molar-refractivity contribution < 1.29 is 9.84 Å². The molecular weight excluding hydrogens is 264 g/mol. The van der Waals surface area contributed by atoms with Crippen LogP contribution in [0.4, 0.5) is 0 Å². The van der Waals surface area contributed by atoms with Crippen molar-refractivity contribution in [2.24, 2.45) is 0 Å². The largest absolute Gasteiger partial charge is 0.493 e. The highest BCUT2D eigenvalue weighted by molar-refractivity contribution is 5.44. The first-order chi connectivity index (χ1) is 10.2. The molecular formula is C17H22N2O2. The Morgan fingerprint density at radius 3 is 2.90 bits per heavy atom. The number of hydrogen-bond acceptors (Lipinski definition) is 3. The van der Waals surface area contributed by atoms with Gasteiger partial charge in [0.1, 0.15) is 11.3 Å². The summed E-state index contributed by atoms with van der Waals surface area (Å²) in [6.07, 6.45) is 5.50. The van der Waals surface area contributed by atoms with E-state index in [4.69, 9.17) is 4.74 Å². The molecule has 0 spiro atoms. The number of benzene rings is 1. The summed E-state index contributed by atoms with van der Waals surface area (Å²) in [6.45, 7) is 2.74. The maximum atomic E-state index is 11.5. The van der Waals surface area contributed by atoms with Crippen molar-refractivity contribution in [3.63, 3.8) is 0 Å². The van der Waals surface area contributed by atoms with Gasteiger partial charge in [-0.15, -0.1) is 0 Å². The highest BCUT2D eigenvalue weighted by Crippen LogP contribution is 2.42. The van der Waals surface area contributed by atoms with E-state index in [1.54, 1.807) is 13.3 Å². The molecule has 112 valence electrons. The topological polar surface area (TPSA) is 47.3 Å². The van der Waals surface area contributed by atoms with Crippen LogP contribution in [0.1, 0.15) is 43.0 Å². The molecule has 0 aliphatic heterocycles. The van der Waals surface area contributed by atoms with Crippen LogP contribution < -0.4 is 4.74 Å². The zero-order chi connectivity index (χ0) is 14.9. The summed E-state index contributed by atoms with van der Waals surface area (Å²) in [7, 11) is 1.63. The number of aromatic nitrogens is 2. The average molecular weight is 286 g/mol. The van der Waals surface area contributed by atoms with Crippen LogP contribution in [0.5, 0.6) is 5.75 Å². The predicted octanol–water partition coefficient (Wildman–Crippen LogP) is 2.87. The predicted molar refractivity (Wildman–Crippen MR) is 81.4 cm³/mol. The third-order valence-electron chi connectivity index (χ3n) is 4.41.